The summed E-state index contributed by atoms with van der Waals surface area (Å²) in [6, 6.07) is 6.11. The van der Waals surface area contributed by atoms with Crippen molar-refractivity contribution in [2.45, 2.75) is 20.8 Å². The number of fused-ring (bicyclic) bond motifs is 1. The first-order valence-corrected chi connectivity index (χ1v) is 5.52. The number of phenolic OH excluding ortho intramolecular Hbond substituents is 1. The van der Waals surface area contributed by atoms with Gasteiger partial charge in [0.15, 0.2) is 0 Å². The fraction of sp³-hybridized carbons (Fsp3) is 0.200. The van der Waals surface area contributed by atoms with Crippen LogP contribution in [0.15, 0.2) is 24.3 Å². The third-order valence-electron chi connectivity index (χ3n) is 2.46. The van der Waals surface area contributed by atoms with E-state index in [1.807, 2.05) is 20.8 Å². The number of hydrogen-bond donors (Lipinski definition) is 1. The molecule has 0 aromatic heterocycles. The lowest BCUT2D eigenvalue weighted by atomic mass is 9.99. The largest absolute Gasteiger partial charge is 0.507 e. The number of terminal acetylenes is 1. The molecule has 0 aliphatic heterocycles. The summed E-state index contributed by atoms with van der Waals surface area (Å²) in [6.07, 6.45) is 5.26. The Hall–Kier alpha value is -2.01. The van der Waals surface area contributed by atoms with Gasteiger partial charge in [-0.15, -0.1) is 6.42 Å². The van der Waals surface area contributed by atoms with E-state index in [1.54, 1.807) is 12.1 Å². The summed E-state index contributed by atoms with van der Waals surface area (Å²) >= 11 is 0. The van der Waals surface area contributed by atoms with Crippen LogP contribution in [0, 0.1) is 25.1 Å². The zero-order valence-electron chi connectivity index (χ0n) is 10.2. The van der Waals surface area contributed by atoms with Crippen LogP contribution in [-0.2, 0) is 0 Å². The molecule has 0 aliphatic rings. The topological polar surface area (TPSA) is 20.2 Å². The Balaban J connectivity index is 0.000000686. The van der Waals surface area contributed by atoms with Gasteiger partial charge in [-0.1, -0.05) is 25.8 Å². The molecule has 1 N–H and O–H groups in total. The first-order valence-electron chi connectivity index (χ1n) is 5.52. The average Bonchev–Trinajstić information content (AvgIpc) is 2.36. The van der Waals surface area contributed by atoms with E-state index < -0.39 is 5.82 Å². The number of hydrogen-bond acceptors (Lipinski definition) is 1. The van der Waals surface area contributed by atoms with Gasteiger partial charge < -0.3 is 5.11 Å². The van der Waals surface area contributed by atoms with Gasteiger partial charge in [-0.2, -0.15) is 0 Å². The van der Waals surface area contributed by atoms with Crippen molar-refractivity contribution in [3.8, 4) is 18.1 Å². The molecular weight excluding hydrogens is 215 g/mol. The van der Waals surface area contributed by atoms with Gasteiger partial charge >= 0.3 is 0 Å². The molecule has 2 rings (SSSR count). The third-order valence-corrected chi connectivity index (χ3v) is 2.46. The highest BCUT2D eigenvalue weighted by Gasteiger charge is 2.10. The van der Waals surface area contributed by atoms with Crippen molar-refractivity contribution >= 4 is 10.8 Å². The van der Waals surface area contributed by atoms with Gasteiger partial charge in [0.25, 0.3) is 0 Å². The zero-order chi connectivity index (χ0) is 13.0. The van der Waals surface area contributed by atoms with Crippen LogP contribution in [0.4, 0.5) is 4.39 Å². The first kappa shape index (κ1) is 13.1. The monoisotopic (exact) mass is 230 g/mol. The molecule has 88 valence electrons. The van der Waals surface area contributed by atoms with Crippen molar-refractivity contribution in [1.82, 2.24) is 0 Å². The molecule has 0 saturated carbocycles. The van der Waals surface area contributed by atoms with E-state index in [9.17, 15) is 9.50 Å². The van der Waals surface area contributed by atoms with Crippen LogP contribution >= 0.6 is 0 Å². The highest BCUT2D eigenvalue weighted by Crippen LogP contribution is 2.30. The molecule has 1 nitrogen and oxygen atoms in total. The fourth-order valence-electron chi connectivity index (χ4n) is 1.72. The van der Waals surface area contributed by atoms with Crippen molar-refractivity contribution < 1.29 is 9.50 Å². The Labute approximate surface area is 101 Å². The van der Waals surface area contributed by atoms with E-state index in [-0.39, 0.29) is 11.3 Å². The number of halogens is 1. The van der Waals surface area contributed by atoms with Crippen LogP contribution in [0.3, 0.4) is 0 Å². The minimum Gasteiger partial charge on any atom is -0.507 e. The molecule has 0 atom stereocenters. The van der Waals surface area contributed by atoms with Crippen LogP contribution < -0.4 is 0 Å². The van der Waals surface area contributed by atoms with E-state index in [0.29, 0.717) is 10.8 Å². The molecule has 0 heterocycles. The number of aryl methyl sites for hydroxylation is 1. The summed E-state index contributed by atoms with van der Waals surface area (Å²) in [6.45, 7) is 5.84. The second kappa shape index (κ2) is 5.36. The summed E-state index contributed by atoms with van der Waals surface area (Å²) < 4.78 is 13.4. The smallest absolute Gasteiger partial charge is 0.139 e. The van der Waals surface area contributed by atoms with E-state index in [2.05, 4.69) is 5.92 Å². The van der Waals surface area contributed by atoms with Crippen LogP contribution in [0.25, 0.3) is 10.8 Å². The number of benzene rings is 2. The molecule has 0 unspecified atom stereocenters. The van der Waals surface area contributed by atoms with Gasteiger partial charge in [0, 0.05) is 10.8 Å². The minimum absolute atomic E-state index is 0.118. The predicted molar refractivity (Wildman–Crippen MR) is 69.6 cm³/mol. The summed E-state index contributed by atoms with van der Waals surface area (Å²) in [7, 11) is 0. The molecule has 2 heteroatoms. The molecule has 2 aromatic rings. The van der Waals surface area contributed by atoms with Crippen LogP contribution in [0.1, 0.15) is 25.0 Å². The lowest BCUT2D eigenvalue weighted by Crippen LogP contribution is -1.89. The van der Waals surface area contributed by atoms with E-state index in [4.69, 9.17) is 6.42 Å². The molecular formula is C15H15FO. The molecule has 0 bridgehead atoms. The Morgan fingerprint density at radius 2 is 1.82 bits per heavy atom. The van der Waals surface area contributed by atoms with Gasteiger partial charge in [-0.3, -0.25) is 0 Å². The number of rotatable bonds is 0. The zero-order valence-corrected chi connectivity index (χ0v) is 10.2. The SMILES string of the molecule is C#Cc1c(F)ccc2c(O)ccc(C)c12.CC. The van der Waals surface area contributed by atoms with Crippen molar-refractivity contribution in [2.75, 3.05) is 0 Å². The molecule has 0 aliphatic carbocycles. The van der Waals surface area contributed by atoms with Gasteiger partial charge in [-0.25, -0.2) is 4.39 Å². The number of phenols is 1. The lowest BCUT2D eigenvalue weighted by Gasteiger charge is -2.07. The molecule has 0 spiro atoms. The second-order valence-corrected chi connectivity index (χ2v) is 3.39. The van der Waals surface area contributed by atoms with E-state index in [1.165, 1.54) is 12.1 Å². The maximum absolute atomic E-state index is 13.4. The van der Waals surface area contributed by atoms with Crippen molar-refractivity contribution in [2.24, 2.45) is 0 Å². The van der Waals surface area contributed by atoms with Crippen molar-refractivity contribution in [1.29, 1.82) is 0 Å². The normalized spacial score (nSPS) is 9.35. The molecule has 0 amide bonds. The Morgan fingerprint density at radius 3 is 2.41 bits per heavy atom. The van der Waals surface area contributed by atoms with Gasteiger partial charge in [0.2, 0.25) is 0 Å². The van der Waals surface area contributed by atoms with Crippen molar-refractivity contribution in [3.63, 3.8) is 0 Å². The molecule has 2 aromatic carbocycles. The molecule has 0 fully saturated rings. The molecule has 0 radical (unpaired) electrons. The molecule has 0 saturated heterocycles. The standard InChI is InChI=1S/C13H9FO.C2H6/c1-3-9-11(14)6-5-10-12(15)7-4-8(2)13(9)10;1-2/h1,4-7,15H,2H3;1-2H3. The summed E-state index contributed by atoms with van der Waals surface area (Å²) in [4.78, 5) is 0. The molecule has 17 heavy (non-hydrogen) atoms. The van der Waals surface area contributed by atoms with Crippen LogP contribution in [0.5, 0.6) is 5.75 Å². The fourth-order valence-corrected chi connectivity index (χ4v) is 1.72. The van der Waals surface area contributed by atoms with Crippen LogP contribution in [0.2, 0.25) is 0 Å². The van der Waals surface area contributed by atoms with Crippen LogP contribution in [-0.4, -0.2) is 5.11 Å². The summed E-state index contributed by atoms with van der Waals surface area (Å²) in [5, 5.41) is 10.8. The summed E-state index contributed by atoms with van der Waals surface area (Å²) in [5.74, 6) is 2.01. The third kappa shape index (κ3) is 2.24. The van der Waals surface area contributed by atoms with E-state index in [0.717, 1.165) is 5.56 Å². The van der Waals surface area contributed by atoms with E-state index >= 15 is 0 Å². The summed E-state index contributed by atoms with van der Waals surface area (Å²) in [5.41, 5.74) is 1.07. The maximum Gasteiger partial charge on any atom is 0.139 e. The number of aromatic hydroxyl groups is 1. The second-order valence-electron chi connectivity index (χ2n) is 3.39. The lowest BCUT2D eigenvalue weighted by molar-refractivity contribution is 0.481. The predicted octanol–water partition coefficient (Wildman–Crippen LogP) is 4.00. The van der Waals surface area contributed by atoms with Crippen molar-refractivity contribution in [3.05, 3.63) is 41.2 Å². The minimum atomic E-state index is -0.432. The Bertz CT molecular complexity index is 579. The Kier molecular flexibility index (Phi) is 4.12. The quantitative estimate of drug-likeness (QED) is 0.678. The average molecular weight is 230 g/mol. The highest BCUT2D eigenvalue weighted by atomic mass is 19.1. The maximum atomic E-state index is 13.4. The van der Waals surface area contributed by atoms with Gasteiger partial charge in [0.1, 0.15) is 11.6 Å². The van der Waals surface area contributed by atoms with Gasteiger partial charge in [-0.05, 0) is 30.7 Å². The van der Waals surface area contributed by atoms with Gasteiger partial charge in [0.05, 0.1) is 5.56 Å². The Morgan fingerprint density at radius 1 is 1.18 bits per heavy atom. The highest BCUT2D eigenvalue weighted by molar-refractivity contribution is 5.95. The first-order chi connectivity index (χ1) is 8.15.